The Hall–Kier alpha value is -2.34. The van der Waals surface area contributed by atoms with Crippen molar-refractivity contribution < 1.29 is 52.4 Å². The van der Waals surface area contributed by atoms with Crippen molar-refractivity contribution in [2.45, 2.75) is 78.3 Å². The smallest absolute Gasteiger partial charge is 0.303 e. The summed E-state index contributed by atoms with van der Waals surface area (Å²) in [6.45, 7) is 8.90. The van der Waals surface area contributed by atoms with Crippen LogP contribution in [-0.2, 0) is 52.4 Å². The minimum Gasteiger partial charge on any atom is -0.462 e. The summed E-state index contributed by atoms with van der Waals surface area (Å²) < 4.78 is 32.0. The molecule has 0 aromatic heterocycles. The molecule has 0 aromatic rings. The van der Waals surface area contributed by atoms with Crippen LogP contribution in [0.2, 0.25) is 0 Å². The number of thioether (sulfide) groups is 1. The summed E-state index contributed by atoms with van der Waals surface area (Å²) in [5.41, 5.74) is -0.817. The Kier molecular flexibility index (Phi) is 14.3. The first-order valence-corrected chi connectivity index (χ1v) is 11.0. The average Bonchev–Trinajstić information content (AvgIpc) is 2.65. The van der Waals surface area contributed by atoms with Gasteiger partial charge in [-0.15, -0.1) is 11.8 Å². The highest BCUT2D eigenvalue weighted by Crippen LogP contribution is 2.28. The Morgan fingerprint density at radius 1 is 0.656 bits per heavy atom. The molecule has 0 aliphatic carbocycles. The molecule has 0 heterocycles. The molecule has 12 heteroatoms. The molecule has 0 amide bonds. The third kappa shape index (κ3) is 11.9. The number of rotatable bonds is 14. The molecule has 0 radical (unpaired) electrons. The van der Waals surface area contributed by atoms with E-state index >= 15 is 0 Å². The van der Waals surface area contributed by atoms with Gasteiger partial charge in [0.15, 0.2) is 24.4 Å². The molecular formula is C20H32O11S. The van der Waals surface area contributed by atoms with Gasteiger partial charge in [-0.2, -0.15) is 0 Å². The summed E-state index contributed by atoms with van der Waals surface area (Å²) in [5.74, 6) is -3.19. The first-order chi connectivity index (χ1) is 14.9. The fourth-order valence-electron chi connectivity index (χ4n) is 2.70. The third-order valence-corrected chi connectivity index (χ3v) is 4.68. The Morgan fingerprint density at radius 2 is 1.12 bits per heavy atom. The molecule has 0 unspecified atom stereocenters. The van der Waals surface area contributed by atoms with Crippen molar-refractivity contribution in [1.82, 2.24) is 0 Å². The molecule has 0 spiro atoms. The molecule has 0 saturated carbocycles. The maximum Gasteiger partial charge on any atom is 0.303 e. The zero-order valence-corrected chi connectivity index (χ0v) is 20.2. The molecule has 5 atom stereocenters. The van der Waals surface area contributed by atoms with Gasteiger partial charge in [0.2, 0.25) is 0 Å². The lowest BCUT2D eigenvalue weighted by atomic mass is 10.0. The first-order valence-electron chi connectivity index (χ1n) is 9.98. The summed E-state index contributed by atoms with van der Waals surface area (Å²) >= 11 is 1.26. The lowest BCUT2D eigenvalue weighted by Crippen LogP contribution is -2.56. The highest BCUT2D eigenvalue weighted by Gasteiger charge is 2.47. The van der Waals surface area contributed by atoms with Gasteiger partial charge in [-0.3, -0.25) is 24.0 Å². The van der Waals surface area contributed by atoms with E-state index in [1.165, 1.54) is 11.8 Å². The predicted octanol–water partition coefficient (Wildman–Crippen LogP) is 1.39. The van der Waals surface area contributed by atoms with E-state index in [0.717, 1.165) is 34.6 Å². The lowest BCUT2D eigenvalue weighted by molar-refractivity contribution is -0.208. The summed E-state index contributed by atoms with van der Waals surface area (Å²) in [6.07, 6.45) is -5.54. The molecule has 0 saturated heterocycles. The summed E-state index contributed by atoms with van der Waals surface area (Å²) in [5, 5.41) is 0. The first kappa shape index (κ1) is 29.7. The molecule has 0 aromatic carbocycles. The van der Waals surface area contributed by atoms with Crippen LogP contribution in [0.15, 0.2) is 0 Å². The van der Waals surface area contributed by atoms with Crippen molar-refractivity contribution in [3.63, 3.8) is 0 Å². The van der Waals surface area contributed by atoms with E-state index in [1.54, 1.807) is 6.92 Å². The quantitative estimate of drug-likeness (QED) is 0.201. The standard InChI is InChI=1S/C20H32O11S/c1-8-26-20(32-9-2)19(31-15(7)25)18(30-14(6)24)17(29-13(5)23)16(28-12(4)22)10-27-11(3)21/h16-20H,8-10H2,1-7H3/t16-,17+,18+,19-,20-/m0/s1. The normalized spacial score (nSPS) is 15.3. The van der Waals surface area contributed by atoms with Crippen LogP contribution in [0.4, 0.5) is 0 Å². The number of carbonyl (C=O) groups excluding carboxylic acids is 5. The topological polar surface area (TPSA) is 141 Å². The average molecular weight is 481 g/mol. The SMILES string of the molecule is CCO[C@@H](SCC)[C@@H](OC(C)=O)[C@H](OC(C)=O)[C@H](OC(C)=O)[C@H](COC(C)=O)OC(C)=O. The molecule has 0 bridgehead atoms. The highest BCUT2D eigenvalue weighted by atomic mass is 32.2. The predicted molar refractivity (Wildman–Crippen MR) is 112 cm³/mol. The number of hydrogen-bond acceptors (Lipinski definition) is 12. The molecule has 0 aliphatic rings. The molecule has 0 N–H and O–H groups in total. The third-order valence-electron chi connectivity index (χ3n) is 3.62. The lowest BCUT2D eigenvalue weighted by Gasteiger charge is -2.37. The maximum atomic E-state index is 11.9. The van der Waals surface area contributed by atoms with Crippen LogP contribution in [0.5, 0.6) is 0 Å². The largest absolute Gasteiger partial charge is 0.462 e. The van der Waals surface area contributed by atoms with Gasteiger partial charge in [-0.25, -0.2) is 0 Å². The fraction of sp³-hybridized carbons (Fsp3) is 0.750. The number of carbonyl (C=O) groups is 5. The van der Waals surface area contributed by atoms with E-state index < -0.39 is 66.3 Å². The van der Waals surface area contributed by atoms with E-state index in [0.29, 0.717) is 5.75 Å². The summed E-state index contributed by atoms with van der Waals surface area (Å²) in [6, 6.07) is 0. The Morgan fingerprint density at radius 3 is 1.53 bits per heavy atom. The van der Waals surface area contributed by atoms with Crippen molar-refractivity contribution in [1.29, 1.82) is 0 Å². The number of ether oxygens (including phenoxy) is 6. The monoisotopic (exact) mass is 480 g/mol. The van der Waals surface area contributed by atoms with Gasteiger partial charge in [0.25, 0.3) is 0 Å². The van der Waals surface area contributed by atoms with Crippen LogP contribution < -0.4 is 0 Å². The second kappa shape index (κ2) is 15.5. The van der Waals surface area contributed by atoms with Crippen LogP contribution in [-0.4, -0.2) is 78.7 Å². The van der Waals surface area contributed by atoms with Crippen LogP contribution in [0.3, 0.4) is 0 Å². The van der Waals surface area contributed by atoms with E-state index in [1.807, 2.05) is 6.92 Å². The van der Waals surface area contributed by atoms with Gasteiger partial charge in [0.1, 0.15) is 12.0 Å². The van der Waals surface area contributed by atoms with Gasteiger partial charge in [-0.1, -0.05) is 6.92 Å². The van der Waals surface area contributed by atoms with Crippen LogP contribution in [0.25, 0.3) is 0 Å². The number of esters is 5. The molecule has 184 valence electrons. The molecule has 32 heavy (non-hydrogen) atoms. The Balaban J connectivity index is 6.51. The molecule has 0 fully saturated rings. The molecule has 0 rings (SSSR count). The van der Waals surface area contributed by atoms with Crippen molar-refractivity contribution in [3.05, 3.63) is 0 Å². The van der Waals surface area contributed by atoms with E-state index in [9.17, 15) is 24.0 Å². The molecular weight excluding hydrogens is 448 g/mol. The van der Waals surface area contributed by atoms with E-state index in [2.05, 4.69) is 0 Å². The van der Waals surface area contributed by atoms with E-state index in [4.69, 9.17) is 28.4 Å². The maximum absolute atomic E-state index is 11.9. The summed E-state index contributed by atoms with van der Waals surface area (Å²) in [7, 11) is 0. The second-order valence-corrected chi connectivity index (χ2v) is 7.83. The van der Waals surface area contributed by atoms with Crippen molar-refractivity contribution >= 4 is 41.6 Å². The zero-order valence-electron chi connectivity index (χ0n) is 19.4. The summed E-state index contributed by atoms with van der Waals surface area (Å²) in [4.78, 5) is 58.7. The van der Waals surface area contributed by atoms with Crippen molar-refractivity contribution in [3.8, 4) is 0 Å². The van der Waals surface area contributed by atoms with Gasteiger partial charge in [0.05, 0.1) is 0 Å². The Labute approximate surface area is 191 Å². The molecule has 0 aliphatic heterocycles. The molecule has 11 nitrogen and oxygen atoms in total. The Bertz CT molecular complexity index is 645. The van der Waals surface area contributed by atoms with Gasteiger partial charge in [-0.05, 0) is 12.7 Å². The van der Waals surface area contributed by atoms with Crippen LogP contribution in [0, 0.1) is 0 Å². The number of hydrogen-bond donors (Lipinski definition) is 0. The van der Waals surface area contributed by atoms with Crippen molar-refractivity contribution in [2.24, 2.45) is 0 Å². The van der Waals surface area contributed by atoms with Crippen LogP contribution >= 0.6 is 11.8 Å². The fourth-order valence-corrected chi connectivity index (χ4v) is 3.66. The zero-order chi connectivity index (χ0) is 24.8. The minimum absolute atomic E-state index is 0.237. The van der Waals surface area contributed by atoms with Crippen LogP contribution in [0.1, 0.15) is 48.5 Å². The highest BCUT2D eigenvalue weighted by molar-refractivity contribution is 7.99. The second-order valence-electron chi connectivity index (χ2n) is 6.45. The van der Waals surface area contributed by atoms with Gasteiger partial charge >= 0.3 is 29.8 Å². The van der Waals surface area contributed by atoms with Gasteiger partial charge < -0.3 is 28.4 Å². The minimum atomic E-state index is -1.48. The van der Waals surface area contributed by atoms with Gasteiger partial charge in [0, 0.05) is 41.2 Å². The van der Waals surface area contributed by atoms with E-state index in [-0.39, 0.29) is 6.61 Å². The van der Waals surface area contributed by atoms with Crippen molar-refractivity contribution in [2.75, 3.05) is 19.0 Å².